The Kier molecular flexibility index (Phi) is 15.1. The predicted molar refractivity (Wildman–Crippen MR) is 420 cm³/mol. The maximum Gasteiger partial charge on any atom is -0.0512 e. The van der Waals surface area contributed by atoms with Crippen molar-refractivity contribution in [2.24, 2.45) is 0 Å². The second-order valence-corrected chi connectivity index (χ2v) is 29.5. The number of rotatable bonds is 10. The molecule has 7 nitrogen and oxygen atoms in total. The number of hydrogen-bond donors (Lipinski definition) is 0. The quantitative estimate of drug-likeness (QED) is 0.126. The van der Waals surface area contributed by atoms with Crippen molar-refractivity contribution in [1.82, 2.24) is 29.9 Å². The van der Waals surface area contributed by atoms with Gasteiger partial charge in [0.2, 0.25) is 0 Å². The Bertz CT molecular complexity index is 6530. The molecule has 0 saturated heterocycles. The Hall–Kier alpha value is -12.3. The van der Waals surface area contributed by atoms with E-state index in [0.717, 1.165) is 60.9 Å². The summed E-state index contributed by atoms with van der Waals surface area (Å²) in [6.45, 7) is 0. The third-order valence-corrected chi connectivity index (χ3v) is 24.3. The van der Waals surface area contributed by atoms with Gasteiger partial charge in [0.05, 0.1) is 0 Å². The molecule has 0 aliphatic rings. The average molecular weight is 1420 g/mol. The van der Waals surface area contributed by atoms with Gasteiger partial charge in [-0.05, 0) is 12.1 Å². The fourth-order valence-electron chi connectivity index (χ4n) is 14.3. The van der Waals surface area contributed by atoms with E-state index < -0.39 is 0 Å². The van der Waals surface area contributed by atoms with Crippen LogP contribution in [0.5, 0.6) is 0 Å². The van der Waals surface area contributed by atoms with E-state index in [9.17, 15) is 0 Å². The van der Waals surface area contributed by atoms with Crippen molar-refractivity contribution in [3.05, 3.63) is 340 Å². The third-order valence-electron chi connectivity index (χ3n) is 19.1. The third kappa shape index (κ3) is 11.0. The first-order chi connectivity index (χ1) is 50.0. The molecule has 0 fully saturated rings. The van der Waals surface area contributed by atoms with Gasteiger partial charge in [-0.3, -0.25) is 0 Å². The fourth-order valence-corrected chi connectivity index (χ4v) is 19.7. The van der Waals surface area contributed by atoms with Crippen LogP contribution < -0.4 is 0 Å². The van der Waals surface area contributed by atoms with Crippen molar-refractivity contribution in [3.63, 3.8) is 0 Å². The number of para-hydroxylation sites is 1. The van der Waals surface area contributed by atoms with Gasteiger partial charge in [0.1, 0.15) is 5.58 Å². The van der Waals surface area contributed by atoms with Crippen LogP contribution in [-0.4, -0.2) is 58.9 Å². The van der Waals surface area contributed by atoms with E-state index in [2.05, 4.69) is 218 Å². The number of aromatic nitrogens is 6. The van der Waals surface area contributed by atoms with Gasteiger partial charge >= 0.3 is 491 Å². The molecule has 0 N–H and O–H groups in total. The summed E-state index contributed by atoms with van der Waals surface area (Å²) >= 11 is 0.393. The minimum Gasteiger partial charge on any atom is -0.0615 e. The second kappa shape index (κ2) is 25.5. The molecule has 0 spiro atoms. The van der Waals surface area contributed by atoms with Crippen LogP contribution in [0.2, 0.25) is 0 Å². The summed E-state index contributed by atoms with van der Waals surface area (Å²) in [5.74, 6) is 3.84. The normalized spacial score (nSPS) is 11.6. The Labute approximate surface area is 593 Å². The predicted octanol–water partition coefficient (Wildman–Crippen LogP) is 23.3. The van der Waals surface area contributed by atoms with Gasteiger partial charge in [0.25, 0.3) is 0 Å². The number of hydrogen-bond acceptors (Lipinski definition) is 7. The van der Waals surface area contributed by atoms with Crippen LogP contribution in [0.3, 0.4) is 0 Å². The van der Waals surface area contributed by atoms with Crippen molar-refractivity contribution in [1.29, 1.82) is 0 Å². The van der Waals surface area contributed by atoms with Crippen LogP contribution in [0.1, 0.15) is 0 Å². The molecule has 15 aromatic carbocycles. The van der Waals surface area contributed by atoms with E-state index >= 15 is 0 Å². The van der Waals surface area contributed by atoms with Crippen molar-refractivity contribution >= 4 is 111 Å². The van der Waals surface area contributed by atoms with Crippen LogP contribution in [0.4, 0.5) is 0 Å². The molecule has 0 aliphatic carbocycles. The van der Waals surface area contributed by atoms with Gasteiger partial charge in [0.15, 0.2) is 0 Å². The minimum absolute atomic E-state index is 0.138. The van der Waals surface area contributed by atoms with Crippen LogP contribution in [0.25, 0.3) is 195 Å². The van der Waals surface area contributed by atoms with Crippen LogP contribution in [-0.2, 0) is 0 Å². The summed E-state index contributed by atoms with van der Waals surface area (Å²) in [7, 11) is 0. The second-order valence-electron chi connectivity index (χ2n) is 25.2. The van der Waals surface area contributed by atoms with Crippen LogP contribution in [0.15, 0.2) is 344 Å². The zero-order valence-electron chi connectivity index (χ0n) is 54.2. The maximum absolute atomic E-state index is 6.26. The summed E-state index contributed by atoms with van der Waals surface area (Å²) in [4.78, 5) is 30.3. The van der Waals surface area contributed by atoms with E-state index in [1.54, 1.807) is 0 Å². The minimum atomic E-state index is 0.138. The molecule has 0 unspecified atom stereocenters. The van der Waals surface area contributed by atoms with Crippen LogP contribution >= 0.6 is 0 Å². The molecular formula is C92H56N6OSe2. The zero-order valence-corrected chi connectivity index (χ0v) is 57.7. The molecule has 0 aliphatic heterocycles. The van der Waals surface area contributed by atoms with Crippen molar-refractivity contribution < 1.29 is 4.42 Å². The molecule has 0 bridgehead atoms. The van der Waals surface area contributed by atoms with E-state index in [0.29, 0.717) is 34.9 Å². The first-order valence-corrected chi connectivity index (χ1v) is 37.1. The van der Waals surface area contributed by atoms with Gasteiger partial charge in [-0.2, -0.15) is 0 Å². The van der Waals surface area contributed by atoms with E-state index in [-0.39, 0.29) is 29.0 Å². The molecule has 20 rings (SSSR count). The number of benzene rings is 15. The molecule has 472 valence electrons. The van der Waals surface area contributed by atoms with E-state index in [1.165, 1.54) is 99.1 Å². The summed E-state index contributed by atoms with van der Waals surface area (Å²) in [5.41, 5.74) is 17.3. The number of furan rings is 1. The maximum atomic E-state index is 6.26. The van der Waals surface area contributed by atoms with E-state index in [1.807, 2.05) is 121 Å². The molecular weight excluding hydrogens is 1360 g/mol. The van der Waals surface area contributed by atoms with E-state index in [4.69, 9.17) is 34.3 Å². The molecule has 5 heterocycles. The first-order valence-electron chi connectivity index (χ1n) is 33.7. The van der Waals surface area contributed by atoms with Gasteiger partial charge in [-0.15, -0.1) is 0 Å². The average Bonchev–Trinajstić information content (AvgIpc) is 1.58. The Morgan fingerprint density at radius 3 is 1.30 bits per heavy atom. The molecule has 5 aromatic heterocycles. The summed E-state index contributed by atoms with van der Waals surface area (Å²) in [5, 5.41) is 12.3. The molecule has 20 aromatic rings. The first kappa shape index (κ1) is 59.9. The zero-order chi connectivity index (χ0) is 66.7. The molecule has 0 radical (unpaired) electrons. The Balaban J connectivity index is 0.000000142. The number of fused-ring (bicyclic) bond motifs is 11. The van der Waals surface area contributed by atoms with Gasteiger partial charge in [-0.1, -0.05) is 84.9 Å². The Morgan fingerprint density at radius 2 is 0.624 bits per heavy atom. The molecule has 0 amide bonds. The summed E-state index contributed by atoms with van der Waals surface area (Å²) < 4.78 is 12.1. The van der Waals surface area contributed by atoms with Crippen LogP contribution in [0, 0.1) is 0 Å². The van der Waals surface area contributed by atoms with Crippen molar-refractivity contribution in [2.45, 2.75) is 0 Å². The van der Waals surface area contributed by atoms with Gasteiger partial charge in [-0.25, -0.2) is 0 Å². The smallest absolute Gasteiger partial charge is 0.0512 e. The monoisotopic (exact) mass is 1420 g/mol. The van der Waals surface area contributed by atoms with Gasteiger partial charge in [0, 0.05) is 0 Å². The molecule has 101 heavy (non-hydrogen) atoms. The molecule has 9 heteroatoms. The molecule has 0 saturated carbocycles. The van der Waals surface area contributed by atoms with Crippen molar-refractivity contribution in [2.75, 3.05) is 0 Å². The number of nitrogens with zero attached hydrogens (tertiary/aromatic N) is 6. The standard InChI is InChI=1S/C49H29N3OSe.C43H27N3Se/c1-3-13-30(14-4-1)34-19-10-22-37-38-23-11-21-36(46(38)54-45(34)37)35-20-9-17-31-27-28-33(29-41(31)35)48-50-47(32-15-5-2-6-16-32)51-49(52-48)40-24-12-26-43-44(40)39-18-7-8-25-42(39)53-43;1-3-13-28(14-4-1)41-44-42(29-15-5-2-6-16-29)46-43(45-41)32-19-11-18-30(25-32)33-26-31-17-7-8-20-34(31)38(27-33)37-23-12-22-36-35-21-9-10-24-39(35)47-40(36)37/h1-29H;1-27H. The molecule has 0 atom stereocenters. The SMILES string of the molecule is c1ccc(-c2nc(-c3ccc4cccc(-c5cccc6c5[se]c5c(-c7ccccc7)cccc56)c4c3)nc(-c3cccc4oc5ccccc5c34)n2)cc1.c1ccc(-c2nc(-c3ccccc3)nc(-c3cccc(-c4cc(-c5cccc6c5[se]c5ccccc56)c5ccccc5c4)c3)n2)cc1. The largest absolute Gasteiger partial charge is 0.0615 e. The summed E-state index contributed by atoms with van der Waals surface area (Å²) in [6, 6.07) is 120. The summed E-state index contributed by atoms with van der Waals surface area (Å²) in [6.07, 6.45) is 0. The Morgan fingerprint density at radius 1 is 0.198 bits per heavy atom. The van der Waals surface area contributed by atoms with Crippen molar-refractivity contribution in [3.8, 4) is 113 Å². The fraction of sp³-hybridized carbons (Fsp3) is 0. The topological polar surface area (TPSA) is 90.5 Å². The van der Waals surface area contributed by atoms with Gasteiger partial charge < -0.3 is 4.42 Å².